The molecule has 1 aromatic rings. The van der Waals surface area contributed by atoms with Gasteiger partial charge in [0.15, 0.2) is 18.2 Å². The molecule has 0 aliphatic rings. The summed E-state index contributed by atoms with van der Waals surface area (Å²) in [4.78, 5) is 14.4. The van der Waals surface area contributed by atoms with E-state index in [2.05, 4.69) is 10.3 Å². The smallest absolute Gasteiger partial charge is 0.177 e. The molecular weight excluding hydrogens is 164 g/mol. The van der Waals surface area contributed by atoms with Crippen molar-refractivity contribution < 1.29 is 15.1 Å². The van der Waals surface area contributed by atoms with Crippen molar-refractivity contribution in [3.8, 4) is 0 Å². The van der Waals surface area contributed by atoms with E-state index in [1.165, 1.54) is 0 Å². The number of hydrogen-bond donors (Lipinski definition) is 1. The number of nitrogens with one attached hydrogen (secondary N) is 1. The molecule has 70 valence electrons. The summed E-state index contributed by atoms with van der Waals surface area (Å²) in [6, 6.07) is 3.69. The van der Waals surface area contributed by atoms with Gasteiger partial charge in [0, 0.05) is 18.9 Å². The summed E-state index contributed by atoms with van der Waals surface area (Å²) in [6.45, 7) is 1.02. The van der Waals surface area contributed by atoms with Crippen molar-refractivity contribution in [1.82, 2.24) is 0 Å². The minimum Gasteiger partial charge on any atom is -0.349 e. The van der Waals surface area contributed by atoms with Crippen molar-refractivity contribution in [2.45, 2.75) is 12.8 Å². The van der Waals surface area contributed by atoms with E-state index >= 15 is 0 Å². The molecule has 0 aliphatic carbocycles. The van der Waals surface area contributed by atoms with E-state index in [0.29, 0.717) is 6.42 Å². The Bertz CT molecular complexity index is 259. The lowest BCUT2D eigenvalue weighted by atomic mass is 10.1. The molecule has 0 saturated heterocycles. The highest BCUT2D eigenvalue weighted by molar-refractivity contribution is 5.95. The molecule has 0 atom stereocenters. The number of rotatable bonds is 5. The minimum absolute atomic E-state index is 0.221. The van der Waals surface area contributed by atoms with Gasteiger partial charge in [0.1, 0.15) is 0 Å². The fourth-order valence-corrected chi connectivity index (χ4v) is 1.18. The number of ketones is 1. The summed E-state index contributed by atoms with van der Waals surface area (Å²) in [5.74, 6) is 0.221. The van der Waals surface area contributed by atoms with Crippen molar-refractivity contribution in [3.63, 3.8) is 0 Å². The molecule has 0 radical (unpaired) electrons. The summed E-state index contributed by atoms with van der Waals surface area (Å²) in [5, 5.41) is 2.09. The summed E-state index contributed by atoms with van der Waals surface area (Å²) < 4.78 is 0. The van der Waals surface area contributed by atoms with Gasteiger partial charge in [-0.15, -0.1) is 0 Å². The largest absolute Gasteiger partial charge is 0.349 e. The van der Waals surface area contributed by atoms with E-state index in [0.717, 1.165) is 18.5 Å². The molecule has 0 saturated carbocycles. The molecule has 3 N–H and O–H groups in total. The van der Waals surface area contributed by atoms with E-state index in [4.69, 9.17) is 0 Å². The van der Waals surface area contributed by atoms with Gasteiger partial charge in [-0.1, -0.05) is 0 Å². The van der Waals surface area contributed by atoms with Crippen LogP contribution in [0.1, 0.15) is 23.2 Å². The number of aromatic nitrogens is 1. The summed E-state index contributed by atoms with van der Waals surface area (Å²) >= 11 is 0. The van der Waals surface area contributed by atoms with Crippen molar-refractivity contribution in [3.05, 3.63) is 30.1 Å². The molecule has 3 heteroatoms. The Labute approximate surface area is 78.2 Å². The van der Waals surface area contributed by atoms with Gasteiger partial charge in [0.05, 0.1) is 19.2 Å². The number of aromatic amines is 1. The molecule has 0 fully saturated rings. The average Bonchev–Trinajstić information content (AvgIpc) is 2.19. The van der Waals surface area contributed by atoms with Crippen LogP contribution in [0, 0.1) is 0 Å². The van der Waals surface area contributed by atoms with E-state index in [9.17, 15) is 4.79 Å². The lowest BCUT2D eigenvalue weighted by Gasteiger charge is -1.96. The monoisotopic (exact) mass is 180 g/mol. The van der Waals surface area contributed by atoms with Crippen LogP contribution < -0.4 is 10.3 Å². The topological polar surface area (TPSA) is 47.8 Å². The average molecular weight is 180 g/mol. The van der Waals surface area contributed by atoms with Crippen molar-refractivity contribution in [1.29, 1.82) is 0 Å². The third-order valence-electron chi connectivity index (χ3n) is 1.93. The predicted octanol–water partition coefficient (Wildman–Crippen LogP) is -0.343. The van der Waals surface area contributed by atoms with Gasteiger partial charge in [-0.2, -0.15) is 0 Å². The van der Waals surface area contributed by atoms with Gasteiger partial charge in [0.25, 0.3) is 0 Å². The van der Waals surface area contributed by atoms with Gasteiger partial charge >= 0.3 is 0 Å². The van der Waals surface area contributed by atoms with Crippen molar-refractivity contribution in [2.24, 2.45) is 0 Å². The standard InChI is InChI=1S/C10H14N2O/c1-11-6-3-5-10(13)9-4-2-7-12-8-9/h2,4,7-8,11H,3,5-6H2,1H3/p+2. The minimum atomic E-state index is 0.221. The van der Waals surface area contributed by atoms with Crippen LogP contribution in [-0.4, -0.2) is 19.4 Å². The molecule has 0 spiro atoms. The normalized spacial score (nSPS) is 9.92. The first-order valence-corrected chi connectivity index (χ1v) is 4.61. The van der Waals surface area contributed by atoms with E-state index in [-0.39, 0.29) is 5.78 Å². The second kappa shape index (κ2) is 5.43. The zero-order valence-electron chi connectivity index (χ0n) is 7.92. The van der Waals surface area contributed by atoms with Crippen LogP contribution in [0.25, 0.3) is 0 Å². The summed E-state index contributed by atoms with van der Waals surface area (Å²) in [7, 11) is 2.01. The Hall–Kier alpha value is -1.22. The molecule has 13 heavy (non-hydrogen) atoms. The van der Waals surface area contributed by atoms with Crippen molar-refractivity contribution in [2.75, 3.05) is 13.6 Å². The lowest BCUT2D eigenvalue weighted by Crippen LogP contribution is -2.79. The second-order valence-corrected chi connectivity index (χ2v) is 3.02. The van der Waals surface area contributed by atoms with E-state index in [1.807, 2.05) is 19.2 Å². The van der Waals surface area contributed by atoms with Crippen LogP contribution in [0.15, 0.2) is 24.5 Å². The Morgan fingerprint density at radius 2 is 2.46 bits per heavy atom. The van der Waals surface area contributed by atoms with Gasteiger partial charge in [-0.25, -0.2) is 4.98 Å². The van der Waals surface area contributed by atoms with Crippen LogP contribution in [0.3, 0.4) is 0 Å². The third kappa shape index (κ3) is 3.34. The van der Waals surface area contributed by atoms with Gasteiger partial charge in [-0.05, 0) is 6.07 Å². The lowest BCUT2D eigenvalue weighted by molar-refractivity contribution is -0.627. The number of pyridine rings is 1. The zero-order chi connectivity index (χ0) is 9.52. The quantitative estimate of drug-likeness (QED) is 0.489. The second-order valence-electron chi connectivity index (χ2n) is 3.02. The number of Topliss-reactive ketones (excluding diaryl/α,β-unsaturated/α-hetero) is 1. The zero-order valence-corrected chi connectivity index (χ0v) is 7.92. The maximum absolute atomic E-state index is 11.5. The van der Waals surface area contributed by atoms with Crippen molar-refractivity contribution >= 4 is 5.78 Å². The number of H-pyrrole nitrogens is 1. The van der Waals surface area contributed by atoms with Crippen LogP contribution in [0.5, 0.6) is 0 Å². The maximum Gasteiger partial charge on any atom is 0.177 e. The Morgan fingerprint density at radius 3 is 3.08 bits per heavy atom. The van der Waals surface area contributed by atoms with Crippen LogP contribution >= 0.6 is 0 Å². The fourth-order valence-electron chi connectivity index (χ4n) is 1.18. The molecule has 0 aromatic carbocycles. The highest BCUT2D eigenvalue weighted by Gasteiger charge is 2.06. The third-order valence-corrected chi connectivity index (χ3v) is 1.93. The number of quaternary nitrogens is 1. The fraction of sp³-hybridized carbons (Fsp3) is 0.400. The molecule has 0 aliphatic heterocycles. The molecule has 0 amide bonds. The number of carbonyl (C=O) groups excluding carboxylic acids is 1. The molecule has 1 rings (SSSR count). The van der Waals surface area contributed by atoms with Gasteiger partial charge in [-0.3, -0.25) is 4.79 Å². The molecule has 0 unspecified atom stereocenters. The van der Waals surface area contributed by atoms with Gasteiger partial charge < -0.3 is 5.32 Å². The molecule has 3 nitrogen and oxygen atoms in total. The Morgan fingerprint density at radius 1 is 1.62 bits per heavy atom. The maximum atomic E-state index is 11.5. The van der Waals surface area contributed by atoms with Gasteiger partial charge in [0.2, 0.25) is 0 Å². The first-order chi connectivity index (χ1) is 6.34. The Balaban J connectivity index is 2.40. The highest BCUT2D eigenvalue weighted by Crippen LogP contribution is 2.00. The predicted molar refractivity (Wildman–Crippen MR) is 49.3 cm³/mol. The van der Waals surface area contributed by atoms with Crippen LogP contribution in [-0.2, 0) is 0 Å². The van der Waals surface area contributed by atoms with Crippen LogP contribution in [0.4, 0.5) is 0 Å². The summed E-state index contributed by atoms with van der Waals surface area (Å²) in [5.41, 5.74) is 0.776. The number of hydrogen-bond acceptors (Lipinski definition) is 1. The number of nitrogens with two attached hydrogens (primary N) is 1. The summed E-state index contributed by atoms with van der Waals surface area (Å²) in [6.07, 6.45) is 5.14. The first-order valence-electron chi connectivity index (χ1n) is 4.61. The molecule has 1 heterocycles. The number of carbonyl (C=O) groups is 1. The molecule has 0 bridgehead atoms. The highest BCUT2D eigenvalue weighted by atomic mass is 16.1. The molecular formula is C10H16N2O+2. The SMILES string of the molecule is C[NH2+]CCCC(=O)c1ccc[nH+]c1. The van der Waals surface area contributed by atoms with E-state index < -0.39 is 0 Å². The first kappa shape index (κ1) is 9.86. The Kier molecular flexibility index (Phi) is 4.12. The molecule has 1 aromatic heterocycles. The van der Waals surface area contributed by atoms with Crippen LogP contribution in [0.2, 0.25) is 0 Å². The van der Waals surface area contributed by atoms with E-state index in [1.54, 1.807) is 12.4 Å².